The van der Waals surface area contributed by atoms with Crippen molar-refractivity contribution in [3.05, 3.63) is 75.2 Å². The van der Waals surface area contributed by atoms with E-state index in [-0.39, 0.29) is 12.3 Å². The molecule has 2 aromatic heterocycles. The van der Waals surface area contributed by atoms with Crippen molar-refractivity contribution in [3.8, 4) is 5.75 Å². The number of rotatable bonds is 9. The lowest BCUT2D eigenvalue weighted by atomic mass is 9.87. The van der Waals surface area contributed by atoms with Crippen molar-refractivity contribution in [2.45, 2.75) is 45.7 Å². The summed E-state index contributed by atoms with van der Waals surface area (Å²) in [5.74, 6) is -0.00104. The van der Waals surface area contributed by atoms with Gasteiger partial charge in [-0.25, -0.2) is 4.79 Å². The summed E-state index contributed by atoms with van der Waals surface area (Å²) in [5.41, 5.74) is 1.85. The quantitative estimate of drug-likeness (QED) is 0.363. The monoisotopic (exact) mass is 479 g/mol. The molecule has 1 aliphatic rings. The predicted molar refractivity (Wildman–Crippen MR) is 131 cm³/mol. The first kappa shape index (κ1) is 23.8. The van der Waals surface area contributed by atoms with E-state index in [1.807, 2.05) is 32.9 Å². The number of nitrogens with zero attached hydrogens (tertiary/aromatic N) is 2. The molecule has 3 amide bonds. The van der Waals surface area contributed by atoms with E-state index < -0.39 is 17.5 Å². The number of urea groups is 1. The summed E-state index contributed by atoms with van der Waals surface area (Å²) in [6, 6.07) is 12.5. The Hall–Kier alpha value is -3.39. The van der Waals surface area contributed by atoms with Gasteiger partial charge in [-0.05, 0) is 61.9 Å². The Morgan fingerprint density at radius 2 is 1.88 bits per heavy atom. The molecule has 0 unspecified atom stereocenters. The molecule has 3 aromatic rings. The van der Waals surface area contributed by atoms with Gasteiger partial charge in [0.25, 0.3) is 5.91 Å². The third-order valence-electron chi connectivity index (χ3n) is 6.63. The van der Waals surface area contributed by atoms with Crippen LogP contribution in [-0.2, 0) is 23.3 Å². The van der Waals surface area contributed by atoms with Crippen molar-refractivity contribution < 1.29 is 19.1 Å². The zero-order chi connectivity index (χ0) is 24.5. The lowest BCUT2D eigenvalue weighted by Crippen LogP contribution is -2.43. The minimum absolute atomic E-state index is 0.249. The average molecular weight is 480 g/mol. The van der Waals surface area contributed by atoms with Crippen LogP contribution in [0, 0.1) is 13.8 Å². The van der Waals surface area contributed by atoms with Gasteiger partial charge in [-0.1, -0.05) is 25.1 Å². The summed E-state index contributed by atoms with van der Waals surface area (Å²) in [4.78, 5) is 41.8. The van der Waals surface area contributed by atoms with Crippen molar-refractivity contribution in [2.75, 3.05) is 13.7 Å². The molecule has 0 bridgehead atoms. The number of hydrogen-bond acceptors (Lipinski definition) is 5. The van der Waals surface area contributed by atoms with Crippen LogP contribution in [0.5, 0.6) is 5.75 Å². The highest BCUT2D eigenvalue weighted by Gasteiger charge is 2.51. The van der Waals surface area contributed by atoms with Gasteiger partial charge in [0.2, 0.25) is 0 Å². The molecule has 1 fully saturated rings. The molecule has 1 saturated heterocycles. The highest BCUT2D eigenvalue weighted by atomic mass is 32.1. The number of methoxy groups -OCH3 is 1. The summed E-state index contributed by atoms with van der Waals surface area (Å²) in [6.45, 7) is 6.20. The van der Waals surface area contributed by atoms with Gasteiger partial charge in [-0.15, -0.1) is 11.3 Å². The van der Waals surface area contributed by atoms with Crippen molar-refractivity contribution in [2.24, 2.45) is 0 Å². The number of aromatic nitrogens is 1. The van der Waals surface area contributed by atoms with E-state index in [1.54, 1.807) is 42.7 Å². The normalized spacial score (nSPS) is 17.8. The molecule has 8 heteroatoms. The first-order valence-electron chi connectivity index (χ1n) is 11.3. The molecular weight excluding hydrogens is 450 g/mol. The summed E-state index contributed by atoms with van der Waals surface area (Å²) in [7, 11) is 1.57. The molecule has 1 aromatic carbocycles. The van der Waals surface area contributed by atoms with E-state index in [1.165, 1.54) is 4.88 Å². The Kier molecular flexibility index (Phi) is 6.61. The number of thiophene rings is 1. The summed E-state index contributed by atoms with van der Waals surface area (Å²) in [5, 5.41) is 4.89. The summed E-state index contributed by atoms with van der Waals surface area (Å²) in [6.07, 6.45) is 1.25. The molecule has 1 atom stereocenters. The smallest absolute Gasteiger partial charge is 0.325 e. The minimum Gasteiger partial charge on any atom is -0.497 e. The molecule has 178 valence electrons. The Balaban J connectivity index is 1.53. The number of benzene rings is 1. The maximum Gasteiger partial charge on any atom is 0.325 e. The van der Waals surface area contributed by atoms with Gasteiger partial charge in [0, 0.05) is 28.4 Å². The molecule has 1 aliphatic heterocycles. The van der Waals surface area contributed by atoms with Crippen LogP contribution in [0.25, 0.3) is 0 Å². The van der Waals surface area contributed by atoms with Crippen molar-refractivity contribution in [1.29, 1.82) is 0 Å². The second-order valence-corrected chi connectivity index (χ2v) is 9.53. The molecule has 0 saturated carbocycles. The molecule has 34 heavy (non-hydrogen) atoms. The van der Waals surface area contributed by atoms with Gasteiger partial charge < -0.3 is 14.6 Å². The van der Waals surface area contributed by atoms with E-state index >= 15 is 0 Å². The fraction of sp³-hybridized carbons (Fsp3) is 0.346. The first-order valence-corrected chi connectivity index (χ1v) is 12.2. The zero-order valence-electron chi connectivity index (χ0n) is 19.9. The van der Waals surface area contributed by atoms with Crippen LogP contribution in [0.2, 0.25) is 0 Å². The Morgan fingerprint density at radius 1 is 1.15 bits per heavy atom. The van der Waals surface area contributed by atoms with E-state index in [2.05, 4.69) is 21.3 Å². The first-order chi connectivity index (χ1) is 16.3. The van der Waals surface area contributed by atoms with E-state index in [0.717, 1.165) is 29.3 Å². The second-order valence-electron chi connectivity index (χ2n) is 8.50. The van der Waals surface area contributed by atoms with Gasteiger partial charge in [-0.3, -0.25) is 14.5 Å². The molecule has 0 spiro atoms. The van der Waals surface area contributed by atoms with Crippen LogP contribution in [0.1, 0.15) is 45.5 Å². The number of carbonyl (C=O) groups excluding carboxylic acids is 3. The number of aryl methyl sites for hydroxylation is 2. The van der Waals surface area contributed by atoms with Gasteiger partial charge in [0.05, 0.1) is 13.7 Å². The number of Topliss-reactive ketones (excluding diaryl/α,β-unsaturated/α-hetero) is 1. The third-order valence-corrected chi connectivity index (χ3v) is 7.56. The number of nitrogens with one attached hydrogen (secondary N) is 1. The van der Waals surface area contributed by atoms with Gasteiger partial charge in [-0.2, -0.15) is 0 Å². The molecule has 4 rings (SSSR count). The lowest BCUT2D eigenvalue weighted by Gasteiger charge is -2.26. The maximum atomic E-state index is 13.4. The molecular formula is C26H29N3O4S. The molecule has 7 nitrogen and oxygen atoms in total. The molecule has 3 heterocycles. The van der Waals surface area contributed by atoms with E-state index in [4.69, 9.17) is 4.74 Å². The van der Waals surface area contributed by atoms with Crippen LogP contribution >= 0.6 is 11.3 Å². The van der Waals surface area contributed by atoms with Crippen molar-refractivity contribution in [1.82, 2.24) is 14.8 Å². The standard InChI is InChI=1S/C26H29N3O4S/c1-5-26(19-8-10-20(33-4)11-9-19)24(31)29(25(32)27-26)16-23(30)22-15-17(2)28(18(22)3)13-12-21-7-6-14-34-21/h6-11,14-15H,5,12-13,16H2,1-4H3,(H,27,32)/t26-/m1/s1. The molecule has 0 radical (unpaired) electrons. The van der Waals surface area contributed by atoms with Crippen LogP contribution in [0.3, 0.4) is 0 Å². The van der Waals surface area contributed by atoms with E-state index in [9.17, 15) is 14.4 Å². The second kappa shape index (κ2) is 9.46. The number of imide groups is 1. The highest BCUT2D eigenvalue weighted by molar-refractivity contribution is 7.09. The topological polar surface area (TPSA) is 80.6 Å². The van der Waals surface area contributed by atoms with Gasteiger partial charge >= 0.3 is 6.03 Å². The highest BCUT2D eigenvalue weighted by Crippen LogP contribution is 2.33. The number of carbonyl (C=O) groups is 3. The van der Waals surface area contributed by atoms with Crippen molar-refractivity contribution in [3.63, 3.8) is 0 Å². The van der Waals surface area contributed by atoms with Crippen LogP contribution in [0.4, 0.5) is 4.79 Å². The van der Waals surface area contributed by atoms with Crippen molar-refractivity contribution >= 4 is 29.1 Å². The Labute approximate surface area is 203 Å². The number of ether oxygens (including phenoxy) is 1. The fourth-order valence-corrected chi connectivity index (χ4v) is 5.32. The lowest BCUT2D eigenvalue weighted by molar-refractivity contribution is -0.131. The number of amides is 3. The summed E-state index contributed by atoms with van der Waals surface area (Å²) < 4.78 is 7.32. The van der Waals surface area contributed by atoms with Gasteiger partial charge in [0.1, 0.15) is 11.3 Å². The molecule has 1 N–H and O–H groups in total. The maximum absolute atomic E-state index is 13.4. The molecule has 0 aliphatic carbocycles. The third kappa shape index (κ3) is 4.14. The average Bonchev–Trinajstić information content (AvgIpc) is 3.52. The number of ketones is 1. The fourth-order valence-electron chi connectivity index (χ4n) is 4.62. The Bertz CT molecular complexity index is 1210. The summed E-state index contributed by atoms with van der Waals surface area (Å²) >= 11 is 1.71. The Morgan fingerprint density at radius 3 is 2.50 bits per heavy atom. The predicted octanol–water partition coefficient (Wildman–Crippen LogP) is 4.46. The van der Waals surface area contributed by atoms with E-state index in [0.29, 0.717) is 23.3 Å². The minimum atomic E-state index is -1.19. The van der Waals surface area contributed by atoms with Crippen LogP contribution < -0.4 is 10.1 Å². The van der Waals surface area contributed by atoms with Crippen LogP contribution in [-0.4, -0.2) is 40.8 Å². The zero-order valence-corrected chi connectivity index (χ0v) is 20.7. The SMILES string of the molecule is CC[C@]1(c2ccc(OC)cc2)NC(=O)N(CC(=O)c2cc(C)n(CCc3cccs3)c2C)C1=O. The van der Waals surface area contributed by atoms with Gasteiger partial charge in [0.15, 0.2) is 5.78 Å². The largest absolute Gasteiger partial charge is 0.497 e. The van der Waals surface area contributed by atoms with Crippen LogP contribution in [0.15, 0.2) is 47.8 Å². The number of hydrogen-bond donors (Lipinski definition) is 1.